The minimum absolute atomic E-state index is 0.283. The molecule has 0 radical (unpaired) electrons. The highest BCUT2D eigenvalue weighted by atomic mass is 35.5. The Hall–Kier alpha value is -0.180. The van der Waals surface area contributed by atoms with Gasteiger partial charge in [-0.3, -0.25) is 0 Å². The van der Waals surface area contributed by atoms with Crippen molar-refractivity contribution in [1.29, 1.82) is 0 Å². The fraction of sp³-hybridized carbons (Fsp3) is 0.455. The maximum absolute atomic E-state index is 6.04. The molecule has 1 aromatic rings. The molecule has 74 valence electrons. The maximum atomic E-state index is 6.04. The Morgan fingerprint density at radius 1 is 1.50 bits per heavy atom. The Morgan fingerprint density at radius 2 is 2.29 bits per heavy atom. The molecule has 2 N–H and O–H groups in total. The average Bonchev–Trinajstić information content (AvgIpc) is 2.80. The third-order valence-electron chi connectivity index (χ3n) is 3.42. The second-order valence-corrected chi connectivity index (χ2v) is 5.78. The van der Waals surface area contributed by atoms with E-state index in [1.807, 2.05) is 17.8 Å². The van der Waals surface area contributed by atoms with Crippen LogP contribution >= 0.6 is 23.4 Å². The predicted octanol–water partition coefficient (Wildman–Crippen LogP) is 2.80. The minimum Gasteiger partial charge on any atom is -0.327 e. The number of hydrogen-bond acceptors (Lipinski definition) is 2. The van der Waals surface area contributed by atoms with E-state index in [2.05, 4.69) is 12.1 Å². The molecule has 1 aliphatic heterocycles. The number of rotatable bonds is 0. The van der Waals surface area contributed by atoms with E-state index < -0.39 is 0 Å². The van der Waals surface area contributed by atoms with Gasteiger partial charge < -0.3 is 5.73 Å². The predicted molar refractivity (Wildman–Crippen MR) is 61.1 cm³/mol. The highest BCUT2D eigenvalue weighted by Gasteiger charge is 2.54. The van der Waals surface area contributed by atoms with Crippen molar-refractivity contribution in [3.05, 3.63) is 28.8 Å². The Balaban J connectivity index is 2.14. The summed E-state index contributed by atoms with van der Waals surface area (Å²) in [6, 6.07) is 6.57. The molecule has 1 saturated carbocycles. The quantitative estimate of drug-likeness (QED) is 0.735. The summed E-state index contributed by atoms with van der Waals surface area (Å²) in [5, 5.41) is 0.838. The first-order valence-electron chi connectivity index (χ1n) is 4.91. The molecule has 1 fully saturated rings. The summed E-state index contributed by atoms with van der Waals surface area (Å²) in [6.45, 7) is 0. The van der Waals surface area contributed by atoms with Crippen LogP contribution in [0.15, 0.2) is 23.1 Å². The van der Waals surface area contributed by atoms with E-state index in [0.717, 1.165) is 11.4 Å². The van der Waals surface area contributed by atoms with Crippen molar-refractivity contribution < 1.29 is 0 Å². The number of nitrogens with two attached hydrogens (primary N) is 1. The fourth-order valence-electron chi connectivity index (χ4n) is 2.43. The molecule has 1 spiro atoms. The van der Waals surface area contributed by atoms with Gasteiger partial charge in [0.25, 0.3) is 0 Å². The van der Waals surface area contributed by atoms with Crippen molar-refractivity contribution in [2.75, 3.05) is 5.75 Å². The van der Waals surface area contributed by atoms with Crippen LogP contribution in [0.25, 0.3) is 0 Å². The normalized spacial score (nSPS) is 34.3. The molecule has 1 aliphatic carbocycles. The Labute approximate surface area is 93.0 Å². The summed E-state index contributed by atoms with van der Waals surface area (Å²) in [5.41, 5.74) is 7.72. The van der Waals surface area contributed by atoms with Crippen LogP contribution < -0.4 is 5.73 Å². The molecule has 1 aromatic carbocycles. The van der Waals surface area contributed by atoms with Gasteiger partial charge in [0.1, 0.15) is 0 Å². The zero-order valence-corrected chi connectivity index (χ0v) is 9.37. The van der Waals surface area contributed by atoms with Crippen molar-refractivity contribution in [1.82, 2.24) is 0 Å². The van der Waals surface area contributed by atoms with Gasteiger partial charge in [-0.2, -0.15) is 0 Å². The second kappa shape index (κ2) is 2.91. The first-order valence-corrected chi connectivity index (χ1v) is 6.27. The van der Waals surface area contributed by atoms with Crippen molar-refractivity contribution >= 4 is 23.4 Å². The standard InChI is InChI=1S/C11H12ClNS/c12-7-1-2-9-8(5-7)11(3-4-14-9)6-10(11)13/h1-2,5,10H,3-4,6,13H2. The average molecular weight is 226 g/mol. The van der Waals surface area contributed by atoms with E-state index in [0.29, 0.717) is 6.04 Å². The summed E-state index contributed by atoms with van der Waals surface area (Å²) < 4.78 is 0. The monoisotopic (exact) mass is 225 g/mol. The topological polar surface area (TPSA) is 26.0 Å². The van der Waals surface area contributed by atoms with Crippen LogP contribution in [0, 0.1) is 0 Å². The van der Waals surface area contributed by atoms with E-state index in [1.54, 1.807) is 0 Å². The van der Waals surface area contributed by atoms with Crippen LogP contribution in [0.2, 0.25) is 5.02 Å². The number of halogens is 1. The second-order valence-electron chi connectivity index (χ2n) is 4.21. The molecule has 1 nitrogen and oxygen atoms in total. The smallest absolute Gasteiger partial charge is 0.0409 e. The van der Waals surface area contributed by atoms with E-state index in [9.17, 15) is 0 Å². The first-order chi connectivity index (χ1) is 6.72. The summed E-state index contributed by atoms with van der Waals surface area (Å²) in [7, 11) is 0. The lowest BCUT2D eigenvalue weighted by atomic mass is 9.92. The summed E-state index contributed by atoms with van der Waals surface area (Å²) in [4.78, 5) is 1.38. The molecule has 0 saturated heterocycles. The lowest BCUT2D eigenvalue weighted by molar-refractivity contribution is 0.618. The lowest BCUT2D eigenvalue weighted by Gasteiger charge is -2.25. The summed E-state index contributed by atoms with van der Waals surface area (Å²) in [6.07, 6.45) is 2.35. The Morgan fingerprint density at radius 3 is 3.00 bits per heavy atom. The van der Waals surface area contributed by atoms with E-state index in [1.165, 1.54) is 22.6 Å². The van der Waals surface area contributed by atoms with Crippen LogP contribution in [0.3, 0.4) is 0 Å². The molecule has 3 rings (SSSR count). The van der Waals surface area contributed by atoms with Gasteiger partial charge in [0.2, 0.25) is 0 Å². The van der Waals surface area contributed by atoms with Gasteiger partial charge in [-0.25, -0.2) is 0 Å². The zero-order chi connectivity index (χ0) is 9.76. The van der Waals surface area contributed by atoms with Gasteiger partial charge in [-0.05, 0) is 42.4 Å². The molecule has 0 amide bonds. The molecule has 0 bridgehead atoms. The molecular formula is C11H12ClNS. The van der Waals surface area contributed by atoms with Gasteiger partial charge in [0, 0.05) is 21.4 Å². The number of hydrogen-bond donors (Lipinski definition) is 1. The number of fused-ring (bicyclic) bond motifs is 2. The van der Waals surface area contributed by atoms with Gasteiger partial charge in [-0.1, -0.05) is 11.6 Å². The highest BCUT2D eigenvalue weighted by molar-refractivity contribution is 7.99. The number of thioether (sulfide) groups is 1. The number of benzene rings is 1. The summed E-state index contributed by atoms with van der Waals surface area (Å²) >= 11 is 7.96. The van der Waals surface area contributed by atoms with Crippen LogP contribution in [0.5, 0.6) is 0 Å². The lowest BCUT2D eigenvalue weighted by Crippen LogP contribution is -2.22. The molecular weight excluding hydrogens is 214 g/mol. The molecule has 1 heterocycles. The van der Waals surface area contributed by atoms with Gasteiger partial charge in [-0.15, -0.1) is 11.8 Å². The SMILES string of the molecule is NC1CC12CCSc1ccc(Cl)cc12. The van der Waals surface area contributed by atoms with Crippen LogP contribution in [0.1, 0.15) is 18.4 Å². The fourth-order valence-corrected chi connectivity index (χ4v) is 3.87. The van der Waals surface area contributed by atoms with Gasteiger partial charge in [0.05, 0.1) is 0 Å². The van der Waals surface area contributed by atoms with Gasteiger partial charge >= 0.3 is 0 Å². The molecule has 2 aliphatic rings. The molecule has 3 heteroatoms. The van der Waals surface area contributed by atoms with Crippen LogP contribution in [-0.4, -0.2) is 11.8 Å². The molecule has 2 unspecified atom stereocenters. The third kappa shape index (κ3) is 1.14. The zero-order valence-electron chi connectivity index (χ0n) is 7.79. The first kappa shape index (κ1) is 9.08. The van der Waals surface area contributed by atoms with E-state index in [4.69, 9.17) is 17.3 Å². The van der Waals surface area contributed by atoms with Crippen molar-refractivity contribution in [3.63, 3.8) is 0 Å². The van der Waals surface area contributed by atoms with E-state index in [-0.39, 0.29) is 5.41 Å². The van der Waals surface area contributed by atoms with Crippen molar-refractivity contribution in [3.8, 4) is 0 Å². The molecule has 2 atom stereocenters. The van der Waals surface area contributed by atoms with Gasteiger partial charge in [0.15, 0.2) is 0 Å². The Kier molecular flexibility index (Phi) is 1.88. The highest BCUT2D eigenvalue weighted by Crippen LogP contribution is 2.56. The van der Waals surface area contributed by atoms with Crippen molar-refractivity contribution in [2.45, 2.75) is 29.2 Å². The van der Waals surface area contributed by atoms with E-state index >= 15 is 0 Å². The largest absolute Gasteiger partial charge is 0.327 e. The minimum atomic E-state index is 0.283. The maximum Gasteiger partial charge on any atom is 0.0409 e. The summed E-state index contributed by atoms with van der Waals surface area (Å²) in [5.74, 6) is 1.20. The third-order valence-corrected chi connectivity index (χ3v) is 4.73. The van der Waals surface area contributed by atoms with Crippen LogP contribution in [0.4, 0.5) is 0 Å². The van der Waals surface area contributed by atoms with Crippen molar-refractivity contribution in [2.24, 2.45) is 5.73 Å². The molecule has 0 aromatic heterocycles. The van der Waals surface area contributed by atoms with Crippen LogP contribution in [-0.2, 0) is 5.41 Å². The molecule has 14 heavy (non-hydrogen) atoms. The Bertz CT molecular complexity index is 393.